The maximum absolute atomic E-state index is 8.43. The van der Waals surface area contributed by atoms with E-state index in [4.69, 9.17) is 9.84 Å². The van der Waals surface area contributed by atoms with Crippen molar-refractivity contribution in [2.75, 3.05) is 20.3 Å². The van der Waals surface area contributed by atoms with E-state index < -0.39 is 0 Å². The zero-order chi connectivity index (χ0) is 7.98. The molecule has 2 atom stereocenters. The molecule has 0 spiro atoms. The molecule has 62 valence electrons. The van der Waals surface area contributed by atoms with Crippen molar-refractivity contribution in [1.82, 2.24) is 0 Å². The van der Waals surface area contributed by atoms with E-state index in [0.717, 1.165) is 6.61 Å². The number of hydrogen-bond acceptors (Lipinski definition) is 3. The topological polar surface area (TPSA) is 42.0 Å². The van der Waals surface area contributed by atoms with Gasteiger partial charge in [-0.2, -0.15) is 0 Å². The number of epoxide rings is 1. The lowest BCUT2D eigenvalue weighted by Gasteiger charge is -1.97. The minimum Gasteiger partial charge on any atom is -0.391 e. The molecule has 1 rings (SSSR count). The molecular weight excluding hydrogens is 132 g/mol. The van der Waals surface area contributed by atoms with Crippen LogP contribution >= 0.6 is 0 Å². The lowest BCUT2D eigenvalue weighted by molar-refractivity contribution is 0.0765. The highest BCUT2D eigenvalue weighted by Gasteiger charge is 2.13. The lowest BCUT2D eigenvalue weighted by Crippen LogP contribution is -2.07. The fourth-order valence-electron chi connectivity index (χ4n) is 0.337. The summed E-state index contributed by atoms with van der Waals surface area (Å²) in [5, 5.41) is 8.43. The van der Waals surface area contributed by atoms with Crippen LogP contribution in [0.2, 0.25) is 0 Å². The number of aliphatic hydroxyl groups excluding tert-OH is 1. The third-order valence-corrected chi connectivity index (χ3v) is 0.908. The van der Waals surface area contributed by atoms with Gasteiger partial charge in [-0.1, -0.05) is 0 Å². The van der Waals surface area contributed by atoms with Gasteiger partial charge in [0.15, 0.2) is 0 Å². The Morgan fingerprint density at radius 1 is 1.80 bits per heavy atom. The molecule has 1 N–H and O–H groups in total. The monoisotopic (exact) mass is 148 g/mol. The molecule has 0 saturated carbocycles. The SMILES string of the molecule is CC1CO1.COCC(C)O. The van der Waals surface area contributed by atoms with Crippen LogP contribution in [0.1, 0.15) is 13.8 Å². The van der Waals surface area contributed by atoms with Gasteiger partial charge in [0.05, 0.1) is 25.4 Å². The standard InChI is InChI=1S/C4H10O2.C3H6O/c1-4(5)3-6-2;1-3-2-4-3/h4-5H,3H2,1-2H3;3H,2H2,1H3. The highest BCUT2D eigenvalue weighted by Crippen LogP contribution is 2.04. The van der Waals surface area contributed by atoms with E-state index in [-0.39, 0.29) is 6.10 Å². The van der Waals surface area contributed by atoms with Gasteiger partial charge < -0.3 is 14.6 Å². The Kier molecular flexibility index (Phi) is 5.58. The quantitative estimate of drug-likeness (QED) is 0.577. The Labute approximate surface area is 62.0 Å². The van der Waals surface area contributed by atoms with Crippen molar-refractivity contribution in [3.8, 4) is 0 Å². The van der Waals surface area contributed by atoms with Crippen LogP contribution in [0.4, 0.5) is 0 Å². The number of ether oxygens (including phenoxy) is 2. The van der Waals surface area contributed by atoms with Gasteiger partial charge in [-0.15, -0.1) is 0 Å². The molecule has 10 heavy (non-hydrogen) atoms. The molecule has 3 heteroatoms. The number of rotatable bonds is 2. The maximum Gasteiger partial charge on any atom is 0.0781 e. The summed E-state index contributed by atoms with van der Waals surface area (Å²) in [4.78, 5) is 0. The molecule has 1 aliphatic heterocycles. The molecule has 2 unspecified atom stereocenters. The third-order valence-electron chi connectivity index (χ3n) is 0.908. The van der Waals surface area contributed by atoms with Crippen LogP contribution in [-0.2, 0) is 9.47 Å². The lowest BCUT2D eigenvalue weighted by atomic mass is 10.5. The first kappa shape index (κ1) is 9.88. The number of aliphatic hydroxyl groups is 1. The molecule has 0 aromatic heterocycles. The molecule has 0 amide bonds. The van der Waals surface area contributed by atoms with Crippen molar-refractivity contribution in [2.45, 2.75) is 26.1 Å². The van der Waals surface area contributed by atoms with Gasteiger partial charge in [0.2, 0.25) is 0 Å². The van der Waals surface area contributed by atoms with Crippen molar-refractivity contribution in [3.63, 3.8) is 0 Å². The van der Waals surface area contributed by atoms with Crippen LogP contribution in [-0.4, -0.2) is 37.6 Å². The molecule has 1 saturated heterocycles. The van der Waals surface area contributed by atoms with E-state index in [9.17, 15) is 0 Å². The summed E-state index contributed by atoms with van der Waals surface area (Å²) in [6.45, 7) is 5.16. The number of methoxy groups -OCH3 is 1. The first-order valence-corrected chi connectivity index (χ1v) is 3.45. The molecule has 0 aliphatic carbocycles. The molecule has 1 aliphatic rings. The van der Waals surface area contributed by atoms with Gasteiger partial charge in [0.25, 0.3) is 0 Å². The van der Waals surface area contributed by atoms with Crippen LogP contribution < -0.4 is 0 Å². The van der Waals surface area contributed by atoms with E-state index in [1.807, 2.05) is 0 Å². The van der Waals surface area contributed by atoms with Crippen molar-refractivity contribution in [3.05, 3.63) is 0 Å². The van der Waals surface area contributed by atoms with E-state index in [1.54, 1.807) is 14.0 Å². The predicted octanol–water partition coefficient (Wildman–Crippen LogP) is 0.419. The second kappa shape index (κ2) is 5.65. The van der Waals surface area contributed by atoms with Crippen LogP contribution in [0.25, 0.3) is 0 Å². The maximum atomic E-state index is 8.43. The highest BCUT2D eigenvalue weighted by atomic mass is 16.6. The van der Waals surface area contributed by atoms with E-state index in [2.05, 4.69) is 11.7 Å². The van der Waals surface area contributed by atoms with Gasteiger partial charge in [-0.3, -0.25) is 0 Å². The molecular formula is C7H16O3. The van der Waals surface area contributed by atoms with Crippen molar-refractivity contribution >= 4 is 0 Å². The van der Waals surface area contributed by atoms with Gasteiger partial charge >= 0.3 is 0 Å². The molecule has 0 aromatic rings. The average Bonchev–Trinajstić information content (AvgIpc) is 2.52. The van der Waals surface area contributed by atoms with Gasteiger partial charge in [0, 0.05) is 7.11 Å². The summed E-state index contributed by atoms with van der Waals surface area (Å²) in [7, 11) is 1.56. The van der Waals surface area contributed by atoms with Crippen LogP contribution in [0.15, 0.2) is 0 Å². The summed E-state index contributed by atoms with van der Waals surface area (Å²) in [6.07, 6.45) is 0.259. The van der Waals surface area contributed by atoms with Gasteiger partial charge in [0.1, 0.15) is 0 Å². The summed E-state index contributed by atoms with van der Waals surface area (Å²) < 4.78 is 9.26. The van der Waals surface area contributed by atoms with Crippen molar-refractivity contribution in [2.24, 2.45) is 0 Å². The van der Waals surface area contributed by atoms with E-state index in [1.165, 1.54) is 0 Å². The predicted molar refractivity (Wildman–Crippen MR) is 39.0 cm³/mol. The Bertz CT molecular complexity index is 69.3. The molecule has 0 aromatic carbocycles. The van der Waals surface area contributed by atoms with Gasteiger partial charge in [-0.25, -0.2) is 0 Å². The smallest absolute Gasteiger partial charge is 0.0781 e. The van der Waals surface area contributed by atoms with Crippen molar-refractivity contribution < 1.29 is 14.6 Å². The minimum atomic E-state index is -0.324. The minimum absolute atomic E-state index is 0.324. The molecule has 3 nitrogen and oxygen atoms in total. The number of hydrogen-bond donors (Lipinski definition) is 1. The molecule has 0 bridgehead atoms. The summed E-state index contributed by atoms with van der Waals surface area (Å²) >= 11 is 0. The Morgan fingerprint density at radius 2 is 2.20 bits per heavy atom. The second-order valence-electron chi connectivity index (χ2n) is 2.45. The van der Waals surface area contributed by atoms with Crippen LogP contribution in [0, 0.1) is 0 Å². The average molecular weight is 148 g/mol. The Morgan fingerprint density at radius 3 is 2.20 bits per heavy atom. The van der Waals surface area contributed by atoms with Gasteiger partial charge in [-0.05, 0) is 13.8 Å². The third kappa shape index (κ3) is 10.8. The molecule has 1 fully saturated rings. The van der Waals surface area contributed by atoms with Crippen molar-refractivity contribution in [1.29, 1.82) is 0 Å². The Hall–Kier alpha value is -0.120. The normalized spacial score (nSPS) is 24.6. The highest BCUT2D eigenvalue weighted by molar-refractivity contribution is 4.58. The van der Waals surface area contributed by atoms with E-state index in [0.29, 0.717) is 12.7 Å². The summed E-state index contributed by atoms with van der Waals surface area (Å²) in [6, 6.07) is 0. The summed E-state index contributed by atoms with van der Waals surface area (Å²) in [5.74, 6) is 0. The largest absolute Gasteiger partial charge is 0.391 e. The molecule has 1 heterocycles. The first-order valence-electron chi connectivity index (χ1n) is 3.45. The first-order chi connectivity index (χ1) is 4.66. The zero-order valence-corrected chi connectivity index (χ0v) is 6.83. The van der Waals surface area contributed by atoms with E-state index >= 15 is 0 Å². The Balaban J connectivity index is 0.000000172. The van der Waals surface area contributed by atoms with Crippen LogP contribution in [0.3, 0.4) is 0 Å². The zero-order valence-electron chi connectivity index (χ0n) is 6.83. The molecule has 0 radical (unpaired) electrons. The van der Waals surface area contributed by atoms with Crippen LogP contribution in [0.5, 0.6) is 0 Å². The second-order valence-corrected chi connectivity index (χ2v) is 2.45. The summed E-state index contributed by atoms with van der Waals surface area (Å²) in [5.41, 5.74) is 0. The fraction of sp³-hybridized carbons (Fsp3) is 1.00. The fourth-order valence-corrected chi connectivity index (χ4v) is 0.337.